The van der Waals surface area contributed by atoms with E-state index in [-0.39, 0.29) is 24.9 Å². The molecule has 2 fully saturated rings. The molecule has 1 saturated heterocycles. The number of pyridine rings is 2. The lowest BCUT2D eigenvalue weighted by Crippen LogP contribution is -2.40. The normalized spacial score (nSPS) is 23.6. The zero-order valence-corrected chi connectivity index (χ0v) is 18.9. The van der Waals surface area contributed by atoms with Crippen LogP contribution in [0.2, 0.25) is 0 Å². The molecule has 1 saturated carbocycles. The fourth-order valence-electron chi connectivity index (χ4n) is 4.62. The van der Waals surface area contributed by atoms with E-state index in [2.05, 4.69) is 9.97 Å². The Labute approximate surface area is 190 Å². The molecule has 0 unspecified atom stereocenters. The number of aromatic nitrogens is 4. The van der Waals surface area contributed by atoms with Crippen molar-refractivity contribution in [1.29, 1.82) is 0 Å². The number of halogens is 3. The Balaban J connectivity index is 1.50. The summed E-state index contributed by atoms with van der Waals surface area (Å²) in [7, 11) is 0. The highest BCUT2D eigenvalue weighted by Gasteiger charge is 2.49. The summed E-state index contributed by atoms with van der Waals surface area (Å²) >= 11 is 0. The molecule has 6 nitrogen and oxygen atoms in total. The van der Waals surface area contributed by atoms with E-state index in [1.165, 1.54) is 0 Å². The molecular weight excluding hydrogens is 431 g/mol. The molecule has 0 aromatic carbocycles. The zero-order chi connectivity index (χ0) is 23.3. The van der Waals surface area contributed by atoms with Crippen LogP contribution < -0.4 is 4.90 Å². The fraction of sp³-hybridized carbons (Fsp3) is 0.500. The Bertz CT molecular complexity index is 1190. The molecule has 0 spiro atoms. The number of alkyl halides is 3. The molecule has 33 heavy (non-hydrogen) atoms. The first-order chi connectivity index (χ1) is 15.7. The minimum absolute atomic E-state index is 0.0595. The van der Waals surface area contributed by atoms with Crippen LogP contribution in [0, 0.1) is 26.7 Å². The number of hydrogen-bond acceptors (Lipinski definition) is 6. The van der Waals surface area contributed by atoms with Crippen molar-refractivity contribution in [2.24, 2.45) is 5.92 Å². The summed E-state index contributed by atoms with van der Waals surface area (Å²) in [5, 5.41) is 0.752. The molecule has 4 heterocycles. The summed E-state index contributed by atoms with van der Waals surface area (Å²) in [5.74, 6) is -1.01. The van der Waals surface area contributed by atoms with Crippen LogP contribution in [-0.2, 0) is 4.74 Å². The second-order valence-corrected chi connectivity index (χ2v) is 9.11. The Hall–Kier alpha value is -2.81. The number of rotatable bonds is 3. The highest BCUT2D eigenvalue weighted by molar-refractivity contribution is 5.80. The van der Waals surface area contributed by atoms with E-state index < -0.39 is 12.1 Å². The van der Waals surface area contributed by atoms with Gasteiger partial charge in [-0.25, -0.2) is 9.97 Å². The van der Waals surface area contributed by atoms with Crippen molar-refractivity contribution in [3.63, 3.8) is 0 Å². The minimum atomic E-state index is -4.16. The standard InChI is InChI=1S/C24H26F3N5O/c1-13-8-19-21(17-10-18(11-17)24(25,26)27)30-23(31-22(19)29-15(13)3)32-6-7-33-20(12-32)16-4-5-28-14(2)9-16/h4-5,8-9,17-18,20H,6-7,10-12H2,1-3H3/t17-,18+,20-/m1/s1. The van der Waals surface area contributed by atoms with Crippen molar-refractivity contribution in [2.45, 2.75) is 51.8 Å². The fourth-order valence-corrected chi connectivity index (χ4v) is 4.62. The number of hydrogen-bond donors (Lipinski definition) is 0. The molecule has 3 aromatic rings. The van der Waals surface area contributed by atoms with Gasteiger partial charge in [0.25, 0.3) is 0 Å². The number of morpholine rings is 1. The van der Waals surface area contributed by atoms with E-state index in [0.29, 0.717) is 37.0 Å². The lowest BCUT2D eigenvalue weighted by Gasteiger charge is -2.37. The third kappa shape index (κ3) is 4.26. The van der Waals surface area contributed by atoms with Crippen LogP contribution >= 0.6 is 0 Å². The molecule has 1 aliphatic heterocycles. The highest BCUT2D eigenvalue weighted by atomic mass is 19.4. The molecule has 0 amide bonds. The Morgan fingerprint density at radius 1 is 1.06 bits per heavy atom. The van der Waals surface area contributed by atoms with Crippen LogP contribution in [0.3, 0.4) is 0 Å². The smallest absolute Gasteiger partial charge is 0.370 e. The lowest BCUT2D eigenvalue weighted by molar-refractivity contribution is -0.197. The van der Waals surface area contributed by atoms with Gasteiger partial charge in [-0.15, -0.1) is 0 Å². The van der Waals surface area contributed by atoms with Crippen molar-refractivity contribution in [3.05, 3.63) is 52.6 Å². The molecule has 1 atom stereocenters. The van der Waals surface area contributed by atoms with E-state index in [1.54, 1.807) is 6.20 Å². The van der Waals surface area contributed by atoms with E-state index >= 15 is 0 Å². The topological polar surface area (TPSA) is 64.0 Å². The first-order valence-corrected chi connectivity index (χ1v) is 11.2. The van der Waals surface area contributed by atoms with Crippen molar-refractivity contribution in [3.8, 4) is 0 Å². The van der Waals surface area contributed by atoms with Gasteiger partial charge < -0.3 is 9.64 Å². The van der Waals surface area contributed by atoms with Gasteiger partial charge in [0, 0.05) is 35.4 Å². The summed E-state index contributed by atoms with van der Waals surface area (Å²) in [4.78, 5) is 20.5. The van der Waals surface area contributed by atoms with Crippen LogP contribution in [0.4, 0.5) is 19.1 Å². The van der Waals surface area contributed by atoms with Crippen molar-refractivity contribution in [2.75, 3.05) is 24.6 Å². The molecule has 5 rings (SSSR count). The highest BCUT2D eigenvalue weighted by Crippen LogP contribution is 2.50. The molecule has 2 aliphatic rings. The first-order valence-electron chi connectivity index (χ1n) is 11.2. The number of ether oxygens (including phenoxy) is 1. The van der Waals surface area contributed by atoms with Gasteiger partial charge in [-0.2, -0.15) is 18.2 Å². The van der Waals surface area contributed by atoms with Crippen LogP contribution in [0.5, 0.6) is 0 Å². The van der Waals surface area contributed by atoms with Crippen LogP contribution in [0.25, 0.3) is 11.0 Å². The van der Waals surface area contributed by atoms with Crippen LogP contribution in [-0.4, -0.2) is 45.8 Å². The van der Waals surface area contributed by atoms with Gasteiger partial charge in [-0.1, -0.05) is 0 Å². The van der Waals surface area contributed by atoms with E-state index in [0.717, 1.165) is 27.9 Å². The van der Waals surface area contributed by atoms with Gasteiger partial charge in [0.1, 0.15) is 6.10 Å². The SMILES string of the molecule is Cc1cc([C@H]2CN(c3nc4nc(C)c(C)cc4c([C@H]4C[C@@H](C(F)(F)F)C4)n3)CCO2)ccn1. The van der Waals surface area contributed by atoms with E-state index in [9.17, 15) is 13.2 Å². The quantitative estimate of drug-likeness (QED) is 0.553. The third-order valence-electron chi connectivity index (χ3n) is 6.78. The van der Waals surface area contributed by atoms with Gasteiger partial charge in [0.15, 0.2) is 5.65 Å². The van der Waals surface area contributed by atoms with Gasteiger partial charge in [0.05, 0.1) is 24.8 Å². The summed E-state index contributed by atoms with van der Waals surface area (Å²) in [6.07, 6.45) is -2.43. The molecule has 0 N–H and O–H groups in total. The van der Waals surface area contributed by atoms with Crippen molar-refractivity contribution < 1.29 is 17.9 Å². The van der Waals surface area contributed by atoms with Crippen LogP contribution in [0.15, 0.2) is 24.4 Å². The van der Waals surface area contributed by atoms with Crippen LogP contribution in [0.1, 0.15) is 53.1 Å². The predicted octanol–water partition coefficient (Wildman–Crippen LogP) is 4.98. The number of nitrogens with zero attached hydrogens (tertiary/aromatic N) is 5. The molecule has 0 bridgehead atoms. The van der Waals surface area contributed by atoms with E-state index in [1.807, 2.05) is 43.9 Å². The summed E-state index contributed by atoms with van der Waals surface area (Å²) in [6, 6.07) is 5.90. The second-order valence-electron chi connectivity index (χ2n) is 9.11. The Kier molecular flexibility index (Phi) is 5.47. The van der Waals surface area contributed by atoms with E-state index in [4.69, 9.17) is 14.7 Å². The monoisotopic (exact) mass is 457 g/mol. The first kappa shape index (κ1) is 22.0. The lowest BCUT2D eigenvalue weighted by atomic mass is 9.72. The molecule has 3 aromatic heterocycles. The summed E-state index contributed by atoms with van der Waals surface area (Å²) in [6.45, 7) is 7.45. The predicted molar refractivity (Wildman–Crippen MR) is 118 cm³/mol. The summed E-state index contributed by atoms with van der Waals surface area (Å²) in [5.41, 5.74) is 4.99. The van der Waals surface area contributed by atoms with Gasteiger partial charge in [-0.05, 0) is 62.9 Å². The van der Waals surface area contributed by atoms with Gasteiger partial charge in [-0.3, -0.25) is 4.98 Å². The maximum atomic E-state index is 13.2. The number of fused-ring (bicyclic) bond motifs is 1. The average Bonchev–Trinajstić information content (AvgIpc) is 2.73. The summed E-state index contributed by atoms with van der Waals surface area (Å²) < 4.78 is 45.4. The minimum Gasteiger partial charge on any atom is -0.370 e. The Morgan fingerprint density at radius 3 is 2.58 bits per heavy atom. The molecular formula is C24H26F3N5O. The molecule has 174 valence electrons. The maximum Gasteiger partial charge on any atom is 0.391 e. The second kappa shape index (κ2) is 8.20. The average molecular weight is 458 g/mol. The van der Waals surface area contributed by atoms with Gasteiger partial charge in [0.2, 0.25) is 5.95 Å². The zero-order valence-electron chi connectivity index (χ0n) is 18.9. The van der Waals surface area contributed by atoms with Gasteiger partial charge >= 0.3 is 6.18 Å². The Morgan fingerprint density at radius 2 is 1.85 bits per heavy atom. The third-order valence-corrected chi connectivity index (χ3v) is 6.78. The maximum absolute atomic E-state index is 13.2. The van der Waals surface area contributed by atoms with Crippen molar-refractivity contribution in [1.82, 2.24) is 19.9 Å². The number of anilines is 1. The molecule has 9 heteroatoms. The van der Waals surface area contributed by atoms with Crippen molar-refractivity contribution >= 4 is 17.0 Å². The molecule has 0 radical (unpaired) electrons. The molecule has 1 aliphatic carbocycles. The largest absolute Gasteiger partial charge is 0.391 e. The number of aryl methyl sites for hydroxylation is 3.